The second-order valence-electron chi connectivity index (χ2n) is 6.39. The van der Waals surface area contributed by atoms with Crippen molar-refractivity contribution in [3.63, 3.8) is 0 Å². The first-order valence-corrected chi connectivity index (χ1v) is 9.10. The summed E-state index contributed by atoms with van der Waals surface area (Å²) in [4.78, 5) is 13.4. The molecule has 152 valence electrons. The van der Waals surface area contributed by atoms with Gasteiger partial charge in [-0.25, -0.2) is 4.98 Å². The molecule has 0 aliphatic carbocycles. The minimum atomic E-state index is 0.163. The van der Waals surface area contributed by atoms with Crippen LogP contribution >= 0.6 is 0 Å². The molecule has 2 aromatic carbocycles. The van der Waals surface area contributed by atoms with E-state index in [2.05, 4.69) is 20.3 Å². The lowest BCUT2D eigenvalue weighted by Crippen LogP contribution is -2.00. The maximum atomic E-state index is 9.88. The molecule has 0 aliphatic rings. The molecule has 0 amide bonds. The molecule has 0 unspecified atom stereocenters. The van der Waals surface area contributed by atoms with Crippen molar-refractivity contribution in [1.29, 1.82) is 0 Å². The number of nitrogens with one attached hydrogen (secondary N) is 1. The third-order valence-electron chi connectivity index (χ3n) is 4.56. The highest BCUT2D eigenvalue weighted by atomic mass is 16.5. The average Bonchev–Trinajstić information content (AvgIpc) is 2.78. The van der Waals surface area contributed by atoms with Gasteiger partial charge < -0.3 is 24.6 Å². The van der Waals surface area contributed by atoms with Crippen LogP contribution in [0, 0.1) is 0 Å². The molecule has 0 radical (unpaired) electrons. The molecular formula is C22H20N4O4. The fourth-order valence-corrected chi connectivity index (χ4v) is 3.20. The molecule has 8 nitrogen and oxygen atoms in total. The van der Waals surface area contributed by atoms with Gasteiger partial charge in [0.25, 0.3) is 0 Å². The second kappa shape index (κ2) is 8.12. The summed E-state index contributed by atoms with van der Waals surface area (Å²) in [7, 11) is 4.67. The van der Waals surface area contributed by atoms with Crippen LogP contribution in [0.25, 0.3) is 22.2 Å². The van der Waals surface area contributed by atoms with Gasteiger partial charge in [0.05, 0.1) is 39.4 Å². The summed E-state index contributed by atoms with van der Waals surface area (Å²) in [5.74, 6) is 2.23. The molecule has 0 saturated carbocycles. The number of anilines is 2. The van der Waals surface area contributed by atoms with Crippen LogP contribution in [-0.2, 0) is 0 Å². The highest BCUT2D eigenvalue weighted by molar-refractivity contribution is 5.94. The molecular weight excluding hydrogens is 384 g/mol. The van der Waals surface area contributed by atoms with Gasteiger partial charge in [-0.3, -0.25) is 9.97 Å². The van der Waals surface area contributed by atoms with E-state index in [9.17, 15) is 5.11 Å². The van der Waals surface area contributed by atoms with Crippen LogP contribution in [0.5, 0.6) is 23.0 Å². The number of phenolic OH excluding ortho intramolecular Hbond substituents is 1. The van der Waals surface area contributed by atoms with E-state index in [0.717, 1.165) is 10.8 Å². The van der Waals surface area contributed by atoms with Crippen LogP contribution in [0.15, 0.2) is 55.0 Å². The van der Waals surface area contributed by atoms with Crippen molar-refractivity contribution in [3.8, 4) is 34.4 Å². The minimum Gasteiger partial charge on any atom is -0.508 e. The Morgan fingerprint density at radius 2 is 1.67 bits per heavy atom. The monoisotopic (exact) mass is 404 g/mol. The van der Waals surface area contributed by atoms with Crippen LogP contribution in [0.2, 0.25) is 0 Å². The van der Waals surface area contributed by atoms with Crippen LogP contribution in [0.4, 0.5) is 11.5 Å². The predicted molar refractivity (Wildman–Crippen MR) is 114 cm³/mol. The van der Waals surface area contributed by atoms with E-state index in [1.165, 1.54) is 0 Å². The highest BCUT2D eigenvalue weighted by Gasteiger charge is 2.14. The summed E-state index contributed by atoms with van der Waals surface area (Å²) in [6, 6.07) is 10.6. The molecule has 2 heterocycles. The fourth-order valence-electron chi connectivity index (χ4n) is 3.20. The van der Waals surface area contributed by atoms with Crippen molar-refractivity contribution in [2.75, 3.05) is 26.6 Å². The first-order chi connectivity index (χ1) is 14.6. The molecule has 0 bridgehead atoms. The molecule has 30 heavy (non-hydrogen) atoms. The van der Waals surface area contributed by atoms with Crippen molar-refractivity contribution >= 4 is 22.3 Å². The topological polar surface area (TPSA) is 98.6 Å². The van der Waals surface area contributed by atoms with Gasteiger partial charge >= 0.3 is 0 Å². The van der Waals surface area contributed by atoms with Gasteiger partial charge in [0.15, 0.2) is 11.5 Å². The molecule has 0 spiro atoms. The van der Waals surface area contributed by atoms with Gasteiger partial charge in [0.2, 0.25) is 5.75 Å². The Morgan fingerprint density at radius 1 is 0.900 bits per heavy atom. The molecule has 2 aromatic heterocycles. The van der Waals surface area contributed by atoms with E-state index in [0.29, 0.717) is 40.1 Å². The van der Waals surface area contributed by atoms with E-state index in [4.69, 9.17) is 14.2 Å². The lowest BCUT2D eigenvalue weighted by molar-refractivity contribution is 0.324. The van der Waals surface area contributed by atoms with Crippen molar-refractivity contribution < 1.29 is 19.3 Å². The normalized spacial score (nSPS) is 10.6. The Kier molecular flexibility index (Phi) is 5.21. The predicted octanol–water partition coefficient (Wildman–Crippen LogP) is 4.17. The number of aromatic nitrogens is 3. The molecule has 0 fully saturated rings. The molecule has 8 heteroatoms. The van der Waals surface area contributed by atoms with Crippen LogP contribution in [0.1, 0.15) is 0 Å². The van der Waals surface area contributed by atoms with Gasteiger partial charge in [0.1, 0.15) is 17.3 Å². The quantitative estimate of drug-likeness (QED) is 0.494. The number of hydrogen-bond donors (Lipinski definition) is 2. The Hall–Kier alpha value is -4.07. The SMILES string of the molecule is COc1cc(Nc2cncc(-c3nccc4ccc(O)cc34)n2)cc(OC)c1OC. The smallest absolute Gasteiger partial charge is 0.203 e. The van der Waals surface area contributed by atoms with E-state index in [1.807, 2.05) is 12.1 Å². The maximum Gasteiger partial charge on any atom is 0.203 e. The summed E-state index contributed by atoms with van der Waals surface area (Å²) >= 11 is 0. The highest BCUT2D eigenvalue weighted by Crippen LogP contribution is 2.40. The Labute approximate surface area is 173 Å². The molecule has 0 atom stereocenters. The van der Waals surface area contributed by atoms with Gasteiger partial charge in [-0.15, -0.1) is 0 Å². The summed E-state index contributed by atoms with van der Waals surface area (Å²) in [6.45, 7) is 0. The summed E-state index contributed by atoms with van der Waals surface area (Å²) in [5.41, 5.74) is 1.90. The largest absolute Gasteiger partial charge is 0.508 e. The fraction of sp³-hybridized carbons (Fsp3) is 0.136. The minimum absolute atomic E-state index is 0.163. The number of hydrogen-bond acceptors (Lipinski definition) is 8. The maximum absolute atomic E-state index is 9.88. The van der Waals surface area contributed by atoms with Crippen molar-refractivity contribution in [2.24, 2.45) is 0 Å². The first kappa shape index (κ1) is 19.3. The van der Waals surface area contributed by atoms with Crippen LogP contribution in [0.3, 0.4) is 0 Å². The Bertz CT molecular complexity index is 1190. The number of fused-ring (bicyclic) bond motifs is 1. The molecule has 4 rings (SSSR count). The van der Waals surface area contributed by atoms with E-state index < -0.39 is 0 Å². The van der Waals surface area contributed by atoms with E-state index in [-0.39, 0.29) is 5.75 Å². The average molecular weight is 404 g/mol. The number of nitrogens with zero attached hydrogens (tertiary/aromatic N) is 3. The lowest BCUT2D eigenvalue weighted by atomic mass is 10.1. The van der Waals surface area contributed by atoms with Crippen LogP contribution < -0.4 is 19.5 Å². The number of benzene rings is 2. The van der Waals surface area contributed by atoms with Gasteiger partial charge in [0, 0.05) is 29.4 Å². The number of aromatic hydroxyl groups is 1. The van der Waals surface area contributed by atoms with Gasteiger partial charge in [-0.2, -0.15) is 0 Å². The third kappa shape index (κ3) is 3.62. The summed E-state index contributed by atoms with van der Waals surface area (Å²) in [6.07, 6.45) is 4.94. The number of methoxy groups -OCH3 is 3. The number of pyridine rings is 1. The molecule has 0 saturated heterocycles. The standard InChI is InChI=1S/C22H20N4O4/c1-28-18-8-14(9-19(29-2)22(18)30-3)25-20-12-23-11-17(26-20)21-16-10-15(27)5-4-13(16)6-7-24-21/h4-12,27H,1-3H3,(H,25,26). The summed E-state index contributed by atoms with van der Waals surface area (Å²) in [5, 5.41) is 14.8. The Balaban J connectivity index is 1.73. The Morgan fingerprint density at radius 3 is 2.37 bits per heavy atom. The van der Waals surface area contributed by atoms with Gasteiger partial charge in [-0.1, -0.05) is 6.07 Å². The van der Waals surface area contributed by atoms with Crippen molar-refractivity contribution in [3.05, 3.63) is 55.0 Å². The van der Waals surface area contributed by atoms with E-state index >= 15 is 0 Å². The van der Waals surface area contributed by atoms with Gasteiger partial charge in [-0.05, 0) is 23.6 Å². The summed E-state index contributed by atoms with van der Waals surface area (Å²) < 4.78 is 16.1. The molecule has 2 N–H and O–H groups in total. The second-order valence-corrected chi connectivity index (χ2v) is 6.39. The lowest BCUT2D eigenvalue weighted by Gasteiger charge is -2.15. The zero-order valence-electron chi connectivity index (χ0n) is 16.7. The van der Waals surface area contributed by atoms with Crippen LogP contribution in [-0.4, -0.2) is 41.4 Å². The van der Waals surface area contributed by atoms with Crippen molar-refractivity contribution in [2.45, 2.75) is 0 Å². The zero-order chi connectivity index (χ0) is 21.1. The van der Waals surface area contributed by atoms with Crippen molar-refractivity contribution in [1.82, 2.24) is 15.0 Å². The number of rotatable bonds is 6. The third-order valence-corrected chi connectivity index (χ3v) is 4.56. The molecule has 0 aliphatic heterocycles. The van der Waals surface area contributed by atoms with E-state index in [1.54, 1.807) is 64.2 Å². The zero-order valence-corrected chi connectivity index (χ0v) is 16.7. The molecule has 4 aromatic rings. The number of phenols is 1. The first-order valence-electron chi connectivity index (χ1n) is 9.10. The number of ether oxygens (including phenoxy) is 3.